The van der Waals surface area contributed by atoms with Crippen molar-refractivity contribution >= 4 is 11.3 Å². The van der Waals surface area contributed by atoms with Gasteiger partial charge in [-0.1, -0.05) is 6.92 Å². The van der Waals surface area contributed by atoms with E-state index in [1.165, 1.54) is 9.75 Å². The molecule has 0 aliphatic carbocycles. The van der Waals surface area contributed by atoms with E-state index in [9.17, 15) is 0 Å². The fourth-order valence-corrected chi connectivity index (χ4v) is 2.87. The van der Waals surface area contributed by atoms with E-state index >= 15 is 0 Å². The monoisotopic (exact) mass is 265 g/mol. The summed E-state index contributed by atoms with van der Waals surface area (Å²) in [6, 6.07) is 4.62. The predicted octanol–water partition coefficient (Wildman–Crippen LogP) is 2.32. The van der Waals surface area contributed by atoms with Crippen molar-refractivity contribution in [1.82, 2.24) is 25.5 Å². The number of rotatable bonds is 5. The number of thiophene rings is 1. The van der Waals surface area contributed by atoms with E-state index in [4.69, 9.17) is 0 Å². The molecule has 2 aromatic heterocycles. The summed E-state index contributed by atoms with van der Waals surface area (Å²) in [5, 5.41) is 15.4. The summed E-state index contributed by atoms with van der Waals surface area (Å²) in [5.41, 5.74) is 0. The average Bonchev–Trinajstić information content (AvgIpc) is 2.96. The first-order valence-corrected chi connectivity index (χ1v) is 7.02. The van der Waals surface area contributed by atoms with Crippen LogP contribution < -0.4 is 5.32 Å². The topological polar surface area (TPSA) is 55.6 Å². The second-order valence-electron chi connectivity index (χ2n) is 4.39. The molecule has 2 heterocycles. The Morgan fingerprint density at radius 2 is 2.17 bits per heavy atom. The van der Waals surface area contributed by atoms with Crippen LogP contribution in [0.3, 0.4) is 0 Å². The first-order valence-electron chi connectivity index (χ1n) is 6.21. The van der Waals surface area contributed by atoms with Gasteiger partial charge < -0.3 is 5.32 Å². The van der Waals surface area contributed by atoms with Gasteiger partial charge in [-0.15, -0.1) is 16.4 Å². The Bertz CT molecular complexity index is 504. The second kappa shape index (κ2) is 5.58. The zero-order valence-electron chi connectivity index (χ0n) is 11.2. The number of tetrazole rings is 1. The molecule has 0 aromatic carbocycles. The zero-order chi connectivity index (χ0) is 13.1. The summed E-state index contributed by atoms with van der Waals surface area (Å²) >= 11 is 1.79. The Kier molecular flexibility index (Phi) is 4.08. The van der Waals surface area contributed by atoms with Gasteiger partial charge in [0.15, 0.2) is 5.82 Å². The average molecular weight is 265 g/mol. The van der Waals surface area contributed by atoms with E-state index in [2.05, 4.69) is 60.7 Å². The molecule has 0 aliphatic heterocycles. The Morgan fingerprint density at radius 1 is 1.39 bits per heavy atom. The quantitative estimate of drug-likeness (QED) is 0.901. The fourth-order valence-electron chi connectivity index (χ4n) is 1.96. The van der Waals surface area contributed by atoms with E-state index in [1.54, 1.807) is 11.3 Å². The maximum Gasteiger partial charge on any atom is 0.168 e. The van der Waals surface area contributed by atoms with E-state index < -0.39 is 0 Å². The SMILES string of the molecule is CCNC(C)c1nnnn1C(C)c1ccc(C)s1. The molecule has 1 N–H and O–H groups in total. The van der Waals surface area contributed by atoms with Crippen LogP contribution in [0.5, 0.6) is 0 Å². The summed E-state index contributed by atoms with van der Waals surface area (Å²) < 4.78 is 1.90. The largest absolute Gasteiger partial charge is 0.308 e. The van der Waals surface area contributed by atoms with Gasteiger partial charge in [0.2, 0.25) is 0 Å². The number of hydrogen-bond donors (Lipinski definition) is 1. The molecule has 0 saturated heterocycles. The smallest absolute Gasteiger partial charge is 0.168 e. The lowest BCUT2D eigenvalue weighted by molar-refractivity contribution is 0.474. The van der Waals surface area contributed by atoms with E-state index in [0.717, 1.165) is 12.4 Å². The van der Waals surface area contributed by atoms with Gasteiger partial charge in [0.1, 0.15) is 0 Å². The van der Waals surface area contributed by atoms with Crippen molar-refractivity contribution in [2.45, 2.75) is 39.8 Å². The molecule has 2 atom stereocenters. The maximum atomic E-state index is 4.13. The van der Waals surface area contributed by atoms with Gasteiger partial charge in [-0.05, 0) is 49.9 Å². The number of aryl methyl sites for hydroxylation is 1. The number of nitrogens with zero attached hydrogens (tertiary/aromatic N) is 4. The predicted molar refractivity (Wildman–Crippen MR) is 72.8 cm³/mol. The molecular formula is C12H19N5S. The minimum atomic E-state index is 0.161. The van der Waals surface area contributed by atoms with Gasteiger partial charge in [-0.3, -0.25) is 0 Å². The molecule has 2 unspecified atom stereocenters. The molecule has 5 nitrogen and oxygen atoms in total. The highest BCUT2D eigenvalue weighted by Gasteiger charge is 2.19. The van der Waals surface area contributed by atoms with Crippen LogP contribution in [-0.2, 0) is 0 Å². The van der Waals surface area contributed by atoms with E-state index in [1.807, 2.05) is 4.68 Å². The zero-order valence-corrected chi connectivity index (χ0v) is 12.0. The lowest BCUT2D eigenvalue weighted by Gasteiger charge is -2.16. The highest BCUT2D eigenvalue weighted by Crippen LogP contribution is 2.26. The normalized spacial score (nSPS) is 14.7. The lowest BCUT2D eigenvalue weighted by atomic mass is 10.2. The van der Waals surface area contributed by atoms with E-state index in [-0.39, 0.29) is 12.1 Å². The van der Waals surface area contributed by atoms with Crippen molar-refractivity contribution in [2.75, 3.05) is 6.54 Å². The fraction of sp³-hybridized carbons (Fsp3) is 0.583. The summed E-state index contributed by atoms with van der Waals surface area (Å²) in [6.45, 7) is 9.31. The summed E-state index contributed by atoms with van der Waals surface area (Å²) in [7, 11) is 0. The van der Waals surface area contributed by atoms with Crippen LogP contribution in [0, 0.1) is 6.92 Å². The lowest BCUT2D eigenvalue weighted by Crippen LogP contribution is -2.23. The van der Waals surface area contributed by atoms with Crippen LogP contribution >= 0.6 is 11.3 Å². The van der Waals surface area contributed by atoms with Crippen LogP contribution in [0.4, 0.5) is 0 Å². The van der Waals surface area contributed by atoms with Gasteiger partial charge in [-0.2, -0.15) is 0 Å². The number of hydrogen-bond acceptors (Lipinski definition) is 5. The minimum Gasteiger partial charge on any atom is -0.308 e. The van der Waals surface area contributed by atoms with Crippen LogP contribution in [-0.4, -0.2) is 26.8 Å². The van der Waals surface area contributed by atoms with Gasteiger partial charge in [0, 0.05) is 9.75 Å². The maximum absolute atomic E-state index is 4.13. The third kappa shape index (κ3) is 2.59. The van der Waals surface area contributed by atoms with Gasteiger partial charge in [-0.25, -0.2) is 4.68 Å². The Labute approximate surface area is 111 Å². The molecule has 2 aromatic rings. The van der Waals surface area contributed by atoms with Gasteiger partial charge in [0.05, 0.1) is 12.1 Å². The van der Waals surface area contributed by atoms with Crippen LogP contribution in [0.25, 0.3) is 0 Å². The molecule has 0 amide bonds. The summed E-state index contributed by atoms with van der Waals surface area (Å²) in [5.74, 6) is 0.885. The Morgan fingerprint density at radius 3 is 2.78 bits per heavy atom. The standard InChI is InChI=1S/C12H19N5S/c1-5-13-9(3)12-14-15-16-17(12)10(4)11-7-6-8(2)18-11/h6-7,9-10,13H,5H2,1-4H3. The molecule has 98 valence electrons. The highest BCUT2D eigenvalue weighted by molar-refractivity contribution is 7.12. The van der Waals surface area contributed by atoms with Crippen molar-refractivity contribution in [3.05, 3.63) is 27.7 Å². The van der Waals surface area contributed by atoms with E-state index in [0.29, 0.717) is 0 Å². The molecule has 18 heavy (non-hydrogen) atoms. The number of aromatic nitrogens is 4. The molecular weight excluding hydrogens is 246 g/mol. The third-order valence-corrected chi connectivity index (χ3v) is 4.13. The van der Waals surface area contributed by atoms with Crippen molar-refractivity contribution < 1.29 is 0 Å². The van der Waals surface area contributed by atoms with Crippen molar-refractivity contribution in [3.63, 3.8) is 0 Å². The van der Waals surface area contributed by atoms with Crippen molar-refractivity contribution in [2.24, 2.45) is 0 Å². The third-order valence-electron chi connectivity index (χ3n) is 2.96. The summed E-state index contributed by atoms with van der Waals surface area (Å²) in [4.78, 5) is 2.59. The van der Waals surface area contributed by atoms with Crippen LogP contribution in [0.1, 0.15) is 48.4 Å². The molecule has 0 saturated carbocycles. The molecule has 0 fully saturated rings. The van der Waals surface area contributed by atoms with Gasteiger partial charge >= 0.3 is 0 Å². The Hall–Kier alpha value is -1.27. The Balaban J connectivity index is 2.25. The second-order valence-corrected chi connectivity index (χ2v) is 5.70. The molecule has 2 rings (SSSR count). The van der Waals surface area contributed by atoms with Crippen LogP contribution in [0.2, 0.25) is 0 Å². The number of nitrogens with one attached hydrogen (secondary N) is 1. The molecule has 0 bridgehead atoms. The first kappa shape index (κ1) is 13.2. The molecule has 0 spiro atoms. The van der Waals surface area contributed by atoms with Crippen molar-refractivity contribution in [1.29, 1.82) is 0 Å². The summed E-state index contributed by atoms with van der Waals surface area (Å²) in [6.07, 6.45) is 0. The molecule has 6 heteroatoms. The highest BCUT2D eigenvalue weighted by atomic mass is 32.1. The first-order chi connectivity index (χ1) is 8.63. The van der Waals surface area contributed by atoms with Crippen LogP contribution in [0.15, 0.2) is 12.1 Å². The molecule has 0 radical (unpaired) electrons. The van der Waals surface area contributed by atoms with Crippen molar-refractivity contribution in [3.8, 4) is 0 Å². The van der Waals surface area contributed by atoms with Gasteiger partial charge in [0.25, 0.3) is 0 Å². The molecule has 0 aliphatic rings. The minimum absolute atomic E-state index is 0.161.